The number of ether oxygens (including phenoxy) is 1. The van der Waals surface area contributed by atoms with Gasteiger partial charge in [0.2, 0.25) is 0 Å². The van der Waals surface area contributed by atoms with E-state index in [0.29, 0.717) is 5.56 Å². The van der Waals surface area contributed by atoms with Crippen LogP contribution in [0.25, 0.3) is 10.1 Å². The summed E-state index contributed by atoms with van der Waals surface area (Å²) < 4.78 is 6.08. The molecule has 6 heteroatoms. The van der Waals surface area contributed by atoms with E-state index in [9.17, 15) is 14.7 Å². The van der Waals surface area contributed by atoms with Gasteiger partial charge in [0.15, 0.2) is 6.04 Å². The van der Waals surface area contributed by atoms with Gasteiger partial charge in [-0.25, -0.2) is 9.59 Å². The molecule has 21 heavy (non-hydrogen) atoms. The molecule has 0 aliphatic heterocycles. The molecule has 112 valence electrons. The molecule has 1 atom stereocenters. The van der Waals surface area contributed by atoms with E-state index in [4.69, 9.17) is 4.74 Å². The molecule has 0 bridgehead atoms. The molecule has 0 saturated heterocycles. The number of rotatable bonds is 3. The van der Waals surface area contributed by atoms with E-state index in [1.807, 2.05) is 17.5 Å². The van der Waals surface area contributed by atoms with E-state index in [-0.39, 0.29) is 0 Å². The molecular weight excluding hydrogens is 290 g/mol. The zero-order valence-corrected chi connectivity index (χ0v) is 12.9. The van der Waals surface area contributed by atoms with Gasteiger partial charge in [0.1, 0.15) is 5.60 Å². The maximum absolute atomic E-state index is 11.8. The number of amides is 1. The average molecular weight is 307 g/mol. The van der Waals surface area contributed by atoms with E-state index in [1.54, 1.807) is 32.9 Å². The predicted octanol–water partition coefficient (Wildman–Crippen LogP) is 3.55. The highest BCUT2D eigenvalue weighted by Gasteiger charge is 2.25. The number of carbonyl (C=O) groups is 2. The first-order chi connectivity index (χ1) is 9.76. The Morgan fingerprint density at radius 3 is 2.62 bits per heavy atom. The summed E-state index contributed by atoms with van der Waals surface area (Å²) in [5, 5.41) is 14.7. The van der Waals surface area contributed by atoms with E-state index >= 15 is 0 Å². The van der Waals surface area contributed by atoms with Crippen molar-refractivity contribution in [1.82, 2.24) is 5.32 Å². The average Bonchev–Trinajstić information content (AvgIpc) is 2.80. The molecule has 0 aliphatic rings. The van der Waals surface area contributed by atoms with Crippen molar-refractivity contribution in [1.29, 1.82) is 0 Å². The first kappa shape index (κ1) is 15.3. The number of hydrogen-bond donors (Lipinski definition) is 2. The Morgan fingerprint density at radius 1 is 1.29 bits per heavy atom. The van der Waals surface area contributed by atoms with Crippen LogP contribution >= 0.6 is 11.3 Å². The fraction of sp³-hybridized carbons (Fsp3) is 0.333. The van der Waals surface area contributed by atoms with Gasteiger partial charge in [-0.1, -0.05) is 12.1 Å². The van der Waals surface area contributed by atoms with Crippen LogP contribution in [0.5, 0.6) is 0 Å². The van der Waals surface area contributed by atoms with Crippen LogP contribution in [0.4, 0.5) is 4.79 Å². The molecule has 2 rings (SSSR count). The highest BCUT2D eigenvalue weighted by Crippen LogP contribution is 2.25. The number of aliphatic carboxylic acids is 1. The lowest BCUT2D eigenvalue weighted by molar-refractivity contribution is -0.139. The van der Waals surface area contributed by atoms with Gasteiger partial charge in [-0.3, -0.25) is 0 Å². The zero-order chi connectivity index (χ0) is 15.6. The summed E-state index contributed by atoms with van der Waals surface area (Å²) in [5.41, 5.74) is -0.159. The second kappa shape index (κ2) is 5.73. The van der Waals surface area contributed by atoms with Gasteiger partial charge in [0, 0.05) is 4.70 Å². The van der Waals surface area contributed by atoms with Crippen LogP contribution in [-0.2, 0) is 9.53 Å². The molecule has 1 amide bonds. The largest absolute Gasteiger partial charge is 0.479 e. The molecule has 0 saturated carbocycles. The Labute approximate surface area is 126 Å². The summed E-state index contributed by atoms with van der Waals surface area (Å²) in [4.78, 5) is 23.2. The van der Waals surface area contributed by atoms with Crippen molar-refractivity contribution in [2.45, 2.75) is 32.4 Å². The topological polar surface area (TPSA) is 75.6 Å². The summed E-state index contributed by atoms with van der Waals surface area (Å²) in [6, 6.07) is 6.14. The number of carboxylic acid groups (broad SMARTS) is 1. The van der Waals surface area contributed by atoms with Crippen molar-refractivity contribution < 1.29 is 19.4 Å². The Bertz CT molecular complexity index is 672. The minimum atomic E-state index is -1.13. The number of fused-ring (bicyclic) bond motifs is 1. The summed E-state index contributed by atoms with van der Waals surface area (Å²) in [6.07, 6.45) is -0.749. The first-order valence-corrected chi connectivity index (χ1v) is 7.34. The maximum atomic E-state index is 11.8. The molecule has 0 aliphatic carbocycles. The standard InChI is InChI=1S/C15H17NO4S/c1-15(2,3)20-14(19)16-12(13(17)18)10-5-4-9-6-7-21-11(9)8-10/h4-8,12H,1-3H3,(H,16,19)(H,17,18). The second-order valence-electron chi connectivity index (χ2n) is 5.64. The third-order valence-electron chi connectivity index (χ3n) is 2.72. The summed E-state index contributed by atoms with van der Waals surface area (Å²) in [6.45, 7) is 5.17. The van der Waals surface area contributed by atoms with Crippen LogP contribution in [0.1, 0.15) is 32.4 Å². The van der Waals surface area contributed by atoms with Crippen LogP contribution in [-0.4, -0.2) is 22.8 Å². The van der Waals surface area contributed by atoms with Crippen LogP contribution in [0.3, 0.4) is 0 Å². The van der Waals surface area contributed by atoms with Gasteiger partial charge in [-0.15, -0.1) is 11.3 Å². The third kappa shape index (κ3) is 3.95. The Hall–Kier alpha value is -2.08. The smallest absolute Gasteiger partial charge is 0.408 e. The SMILES string of the molecule is CC(C)(C)OC(=O)NC(C(=O)O)c1ccc2ccsc2c1. The van der Waals surface area contributed by atoms with Gasteiger partial charge in [0.25, 0.3) is 0 Å². The monoisotopic (exact) mass is 307 g/mol. The zero-order valence-electron chi connectivity index (χ0n) is 12.0. The normalized spacial score (nSPS) is 12.9. The van der Waals surface area contributed by atoms with Gasteiger partial charge in [-0.05, 0) is 49.2 Å². The maximum Gasteiger partial charge on any atom is 0.408 e. The molecular formula is C15H17NO4S. The summed E-state index contributed by atoms with van der Waals surface area (Å²) in [5.74, 6) is -1.13. The molecule has 2 aromatic rings. The van der Waals surface area contributed by atoms with Crippen molar-refractivity contribution in [3.8, 4) is 0 Å². The van der Waals surface area contributed by atoms with Crippen molar-refractivity contribution in [2.24, 2.45) is 0 Å². The number of benzene rings is 1. The van der Waals surface area contributed by atoms with E-state index in [2.05, 4.69) is 5.32 Å². The van der Waals surface area contributed by atoms with Crippen LogP contribution < -0.4 is 5.32 Å². The van der Waals surface area contributed by atoms with Crippen molar-refractivity contribution >= 4 is 33.5 Å². The quantitative estimate of drug-likeness (QED) is 0.909. The lowest BCUT2D eigenvalue weighted by atomic mass is 10.1. The van der Waals surface area contributed by atoms with Crippen LogP contribution in [0, 0.1) is 0 Å². The number of carboxylic acids is 1. The minimum absolute atomic E-state index is 0.517. The third-order valence-corrected chi connectivity index (χ3v) is 3.60. The van der Waals surface area contributed by atoms with Crippen LogP contribution in [0.2, 0.25) is 0 Å². The van der Waals surface area contributed by atoms with Crippen molar-refractivity contribution in [3.63, 3.8) is 0 Å². The Balaban J connectivity index is 2.22. The van der Waals surface area contributed by atoms with Crippen molar-refractivity contribution in [2.75, 3.05) is 0 Å². The minimum Gasteiger partial charge on any atom is -0.479 e. The van der Waals surface area contributed by atoms with Crippen molar-refractivity contribution in [3.05, 3.63) is 35.2 Å². The Morgan fingerprint density at radius 2 is 2.00 bits per heavy atom. The van der Waals surface area contributed by atoms with Gasteiger partial charge in [-0.2, -0.15) is 0 Å². The number of thiophene rings is 1. The predicted molar refractivity (Wildman–Crippen MR) is 81.6 cm³/mol. The molecule has 0 fully saturated rings. The molecule has 1 heterocycles. The number of nitrogens with one attached hydrogen (secondary N) is 1. The second-order valence-corrected chi connectivity index (χ2v) is 6.58. The van der Waals surface area contributed by atoms with E-state index < -0.39 is 23.7 Å². The highest BCUT2D eigenvalue weighted by molar-refractivity contribution is 7.17. The molecule has 1 aromatic heterocycles. The lowest BCUT2D eigenvalue weighted by Gasteiger charge is -2.22. The number of hydrogen-bond acceptors (Lipinski definition) is 4. The molecule has 2 N–H and O–H groups in total. The van der Waals surface area contributed by atoms with Gasteiger partial charge < -0.3 is 15.2 Å². The molecule has 0 spiro atoms. The molecule has 1 unspecified atom stereocenters. The Kier molecular flexibility index (Phi) is 4.18. The highest BCUT2D eigenvalue weighted by atomic mass is 32.1. The fourth-order valence-corrected chi connectivity index (χ4v) is 2.70. The van der Waals surface area contributed by atoms with E-state index in [1.165, 1.54) is 11.3 Å². The molecule has 5 nitrogen and oxygen atoms in total. The lowest BCUT2D eigenvalue weighted by Crippen LogP contribution is -2.38. The molecule has 0 radical (unpaired) electrons. The van der Waals surface area contributed by atoms with Gasteiger partial charge in [0.05, 0.1) is 0 Å². The van der Waals surface area contributed by atoms with E-state index in [0.717, 1.165) is 10.1 Å². The number of carbonyl (C=O) groups excluding carboxylic acids is 1. The molecule has 1 aromatic carbocycles. The van der Waals surface area contributed by atoms with Crippen LogP contribution in [0.15, 0.2) is 29.6 Å². The number of alkyl carbamates (subject to hydrolysis) is 1. The fourth-order valence-electron chi connectivity index (χ4n) is 1.86. The first-order valence-electron chi connectivity index (χ1n) is 6.46. The summed E-state index contributed by atoms with van der Waals surface area (Å²) >= 11 is 1.52. The summed E-state index contributed by atoms with van der Waals surface area (Å²) in [7, 11) is 0. The van der Waals surface area contributed by atoms with Gasteiger partial charge >= 0.3 is 12.1 Å².